The number of aromatic nitrogens is 3. The molecule has 0 saturated carbocycles. The number of aromatic amines is 1. The quantitative estimate of drug-likeness (QED) is 0.706. The van der Waals surface area contributed by atoms with Gasteiger partial charge in [0.05, 0.1) is 24.5 Å². The maximum absolute atomic E-state index is 13.2. The van der Waals surface area contributed by atoms with Gasteiger partial charge in [0, 0.05) is 36.7 Å². The van der Waals surface area contributed by atoms with Crippen molar-refractivity contribution in [2.75, 3.05) is 13.2 Å². The number of pyridine rings is 1. The van der Waals surface area contributed by atoms with E-state index in [1.807, 2.05) is 54.4 Å². The maximum Gasteiger partial charge on any atom is 0.254 e. The molecule has 1 aliphatic heterocycles. The van der Waals surface area contributed by atoms with Crippen molar-refractivity contribution in [3.63, 3.8) is 0 Å². The van der Waals surface area contributed by atoms with Crippen molar-refractivity contribution < 1.29 is 9.53 Å². The summed E-state index contributed by atoms with van der Waals surface area (Å²) in [6.45, 7) is 3.97. The number of likely N-dealkylation sites (tertiary alicyclic amines) is 1. The zero-order valence-corrected chi connectivity index (χ0v) is 16.0. The van der Waals surface area contributed by atoms with Gasteiger partial charge in [-0.3, -0.25) is 14.9 Å². The zero-order chi connectivity index (χ0) is 19.3. The molecule has 1 N–H and O–H groups in total. The van der Waals surface area contributed by atoms with Crippen LogP contribution >= 0.6 is 0 Å². The highest BCUT2D eigenvalue weighted by Crippen LogP contribution is 2.37. The first-order valence-electron chi connectivity index (χ1n) is 9.69. The van der Waals surface area contributed by atoms with E-state index in [0.717, 1.165) is 41.8 Å². The smallest absolute Gasteiger partial charge is 0.254 e. The largest absolute Gasteiger partial charge is 0.377 e. The summed E-state index contributed by atoms with van der Waals surface area (Å²) in [4.78, 5) is 19.2. The molecule has 4 rings (SSSR count). The number of benzene rings is 1. The average molecular weight is 376 g/mol. The summed E-state index contributed by atoms with van der Waals surface area (Å²) >= 11 is 0. The fraction of sp³-hybridized carbons (Fsp3) is 0.318. The van der Waals surface area contributed by atoms with Crippen LogP contribution in [0, 0.1) is 0 Å². The van der Waals surface area contributed by atoms with Crippen molar-refractivity contribution in [2.24, 2.45) is 0 Å². The SMILES string of the molecule is CCOCc1ccc(C(=O)N2CCC[C@H]2c2[nH]ncc2-c2ccncc2)cc1. The number of nitrogens with zero attached hydrogens (tertiary/aromatic N) is 3. The zero-order valence-electron chi connectivity index (χ0n) is 16.0. The van der Waals surface area contributed by atoms with E-state index in [-0.39, 0.29) is 11.9 Å². The molecule has 1 aromatic carbocycles. The van der Waals surface area contributed by atoms with Gasteiger partial charge >= 0.3 is 0 Å². The normalized spacial score (nSPS) is 16.5. The highest BCUT2D eigenvalue weighted by Gasteiger charge is 2.33. The predicted octanol–water partition coefficient (Wildman–Crippen LogP) is 3.99. The van der Waals surface area contributed by atoms with Gasteiger partial charge in [0.2, 0.25) is 0 Å². The fourth-order valence-electron chi connectivity index (χ4n) is 3.75. The first kappa shape index (κ1) is 18.4. The Hall–Kier alpha value is -2.99. The second kappa shape index (κ2) is 8.35. The van der Waals surface area contributed by atoms with Crippen LogP contribution in [-0.2, 0) is 11.3 Å². The third-order valence-electron chi connectivity index (χ3n) is 5.18. The van der Waals surface area contributed by atoms with Crippen LogP contribution in [0.5, 0.6) is 0 Å². The summed E-state index contributed by atoms with van der Waals surface area (Å²) in [6.07, 6.45) is 7.28. The predicted molar refractivity (Wildman–Crippen MR) is 107 cm³/mol. The minimum Gasteiger partial charge on any atom is -0.377 e. The number of nitrogens with one attached hydrogen (secondary N) is 1. The summed E-state index contributed by atoms with van der Waals surface area (Å²) in [7, 11) is 0. The highest BCUT2D eigenvalue weighted by atomic mass is 16.5. The molecule has 1 aliphatic rings. The molecule has 0 aliphatic carbocycles. The van der Waals surface area contributed by atoms with E-state index in [1.54, 1.807) is 12.4 Å². The standard InChI is InChI=1S/C22H24N4O2/c1-2-28-15-16-5-7-18(8-6-16)22(27)26-13-3-4-20(26)21-19(14-24-25-21)17-9-11-23-12-10-17/h5-12,14,20H,2-4,13,15H2,1H3,(H,24,25)/t20-/m0/s1. The summed E-state index contributed by atoms with van der Waals surface area (Å²) in [6, 6.07) is 11.6. The molecule has 28 heavy (non-hydrogen) atoms. The van der Waals surface area contributed by atoms with Crippen molar-refractivity contribution in [1.82, 2.24) is 20.1 Å². The highest BCUT2D eigenvalue weighted by molar-refractivity contribution is 5.94. The summed E-state index contributed by atoms with van der Waals surface area (Å²) < 4.78 is 5.43. The lowest BCUT2D eigenvalue weighted by Crippen LogP contribution is -2.31. The lowest BCUT2D eigenvalue weighted by molar-refractivity contribution is 0.0733. The number of hydrogen-bond acceptors (Lipinski definition) is 4. The third-order valence-corrected chi connectivity index (χ3v) is 5.18. The number of ether oxygens (including phenoxy) is 1. The maximum atomic E-state index is 13.2. The molecular formula is C22H24N4O2. The summed E-state index contributed by atoms with van der Waals surface area (Å²) in [5.41, 5.74) is 4.85. The van der Waals surface area contributed by atoms with Gasteiger partial charge in [-0.1, -0.05) is 12.1 Å². The monoisotopic (exact) mass is 376 g/mol. The van der Waals surface area contributed by atoms with E-state index in [1.165, 1.54) is 0 Å². The first-order chi connectivity index (χ1) is 13.8. The molecule has 144 valence electrons. The molecule has 3 heterocycles. The molecule has 0 spiro atoms. The van der Waals surface area contributed by atoms with Crippen molar-refractivity contribution in [3.05, 3.63) is 71.8 Å². The van der Waals surface area contributed by atoms with Crippen LogP contribution in [0.25, 0.3) is 11.1 Å². The Morgan fingerprint density at radius 3 is 2.75 bits per heavy atom. The van der Waals surface area contributed by atoms with Crippen LogP contribution in [0.1, 0.15) is 47.4 Å². The van der Waals surface area contributed by atoms with E-state index in [2.05, 4.69) is 15.2 Å². The van der Waals surface area contributed by atoms with E-state index >= 15 is 0 Å². The molecule has 1 fully saturated rings. The Morgan fingerprint density at radius 2 is 2.00 bits per heavy atom. The van der Waals surface area contributed by atoms with Crippen molar-refractivity contribution in [3.8, 4) is 11.1 Å². The van der Waals surface area contributed by atoms with Gasteiger partial charge < -0.3 is 9.64 Å². The minimum atomic E-state index is 0.00117. The molecule has 0 bridgehead atoms. The van der Waals surface area contributed by atoms with E-state index in [4.69, 9.17) is 4.74 Å². The van der Waals surface area contributed by atoms with Crippen molar-refractivity contribution in [2.45, 2.75) is 32.4 Å². The molecule has 3 aromatic rings. The molecule has 0 unspecified atom stereocenters. The Kier molecular flexibility index (Phi) is 5.48. The Balaban J connectivity index is 1.56. The van der Waals surface area contributed by atoms with Crippen molar-refractivity contribution >= 4 is 5.91 Å². The molecule has 6 heteroatoms. The van der Waals surface area contributed by atoms with Crippen LogP contribution in [0.3, 0.4) is 0 Å². The van der Waals surface area contributed by atoms with Crippen LogP contribution in [-0.4, -0.2) is 39.1 Å². The average Bonchev–Trinajstić information content (AvgIpc) is 3.42. The molecule has 1 atom stereocenters. The Bertz CT molecular complexity index is 921. The van der Waals surface area contributed by atoms with E-state index in [9.17, 15) is 4.79 Å². The van der Waals surface area contributed by atoms with Gasteiger partial charge in [-0.05, 0) is 55.2 Å². The number of H-pyrrole nitrogens is 1. The van der Waals surface area contributed by atoms with Gasteiger partial charge in [-0.25, -0.2) is 0 Å². The van der Waals surface area contributed by atoms with Gasteiger partial charge in [0.25, 0.3) is 5.91 Å². The Labute approximate surface area is 164 Å². The fourth-order valence-corrected chi connectivity index (χ4v) is 3.75. The lowest BCUT2D eigenvalue weighted by Gasteiger charge is -2.25. The topological polar surface area (TPSA) is 71.1 Å². The third kappa shape index (κ3) is 3.68. The number of carbonyl (C=O) groups excluding carboxylic acids is 1. The second-order valence-corrected chi connectivity index (χ2v) is 6.92. The summed E-state index contributed by atoms with van der Waals surface area (Å²) in [5.74, 6) is 0.0562. The van der Waals surface area contributed by atoms with E-state index < -0.39 is 0 Å². The molecule has 1 amide bonds. The molecule has 2 aromatic heterocycles. The molecule has 1 saturated heterocycles. The van der Waals surface area contributed by atoms with Crippen LogP contribution in [0.15, 0.2) is 55.0 Å². The van der Waals surface area contributed by atoms with Crippen LogP contribution < -0.4 is 0 Å². The van der Waals surface area contributed by atoms with Gasteiger partial charge in [0.15, 0.2) is 0 Å². The Morgan fingerprint density at radius 1 is 1.21 bits per heavy atom. The first-order valence-corrected chi connectivity index (χ1v) is 9.69. The number of rotatable bonds is 6. The molecule has 6 nitrogen and oxygen atoms in total. The van der Waals surface area contributed by atoms with Crippen LogP contribution in [0.2, 0.25) is 0 Å². The molecular weight excluding hydrogens is 352 g/mol. The van der Waals surface area contributed by atoms with Gasteiger partial charge in [0.1, 0.15) is 0 Å². The van der Waals surface area contributed by atoms with Crippen LogP contribution in [0.4, 0.5) is 0 Å². The lowest BCUT2D eigenvalue weighted by atomic mass is 10.0. The minimum absolute atomic E-state index is 0.00117. The van der Waals surface area contributed by atoms with Gasteiger partial charge in [-0.15, -0.1) is 0 Å². The number of carbonyl (C=O) groups is 1. The summed E-state index contributed by atoms with van der Waals surface area (Å²) in [5, 5.41) is 7.39. The molecule has 0 radical (unpaired) electrons. The number of amides is 1. The number of hydrogen-bond donors (Lipinski definition) is 1. The van der Waals surface area contributed by atoms with E-state index in [0.29, 0.717) is 18.8 Å². The second-order valence-electron chi connectivity index (χ2n) is 6.92. The van der Waals surface area contributed by atoms with Crippen molar-refractivity contribution in [1.29, 1.82) is 0 Å². The van der Waals surface area contributed by atoms with Gasteiger partial charge in [-0.2, -0.15) is 5.10 Å².